The molecule has 0 aromatic rings. The maximum absolute atomic E-state index is 11.7. The lowest BCUT2D eigenvalue weighted by Crippen LogP contribution is -2.34. The lowest BCUT2D eigenvalue weighted by Gasteiger charge is -2.33. The second-order valence-electron chi connectivity index (χ2n) is 8.99. The largest absolute Gasteiger partial charge is 0.481 e. The number of carbonyl (C=O) groups is 2. The molecule has 5 heteroatoms. The molecule has 0 fully saturated rings. The van der Waals surface area contributed by atoms with Crippen molar-refractivity contribution in [3.8, 4) is 0 Å². The molecular weight excluding hydrogens is 392 g/mol. The first-order valence-electron chi connectivity index (χ1n) is 12.5. The SMILES string of the molecule is C=C(CC(=O)O)C(=O)OCCCCC[Si](CCCCC)(CCCCC)CCCCC. The third kappa shape index (κ3) is 14.8. The summed E-state index contributed by atoms with van der Waals surface area (Å²) in [5.41, 5.74) is 0.0247. The van der Waals surface area contributed by atoms with E-state index in [1.54, 1.807) is 0 Å². The Hall–Kier alpha value is -1.10. The number of aliphatic carboxylic acids is 1. The van der Waals surface area contributed by atoms with Gasteiger partial charge in [-0.3, -0.25) is 4.79 Å². The Balaban J connectivity index is 4.51. The summed E-state index contributed by atoms with van der Waals surface area (Å²) in [6, 6.07) is 5.92. The van der Waals surface area contributed by atoms with Crippen LogP contribution < -0.4 is 0 Å². The summed E-state index contributed by atoms with van der Waals surface area (Å²) in [5.74, 6) is -1.62. The zero-order valence-electron chi connectivity index (χ0n) is 20.1. The highest BCUT2D eigenvalue weighted by Gasteiger charge is 2.30. The molecule has 0 amide bonds. The van der Waals surface area contributed by atoms with Gasteiger partial charge in [0.05, 0.1) is 21.1 Å². The standard InChI is InChI=1S/C25H48O4Si/c1-5-8-13-18-30(19-14-9-6-2,20-15-10-7-3)21-16-11-12-17-29-25(28)23(4)22-24(26)27/h4-22H2,1-3H3,(H,26,27). The number of carbonyl (C=O) groups excluding carboxylic acids is 1. The van der Waals surface area contributed by atoms with Crippen molar-refractivity contribution in [3.63, 3.8) is 0 Å². The number of carboxylic acid groups (broad SMARTS) is 1. The van der Waals surface area contributed by atoms with Gasteiger partial charge in [-0.05, 0) is 6.42 Å². The van der Waals surface area contributed by atoms with Crippen LogP contribution in [-0.2, 0) is 14.3 Å². The van der Waals surface area contributed by atoms with E-state index in [2.05, 4.69) is 27.4 Å². The summed E-state index contributed by atoms with van der Waals surface area (Å²) in [5, 5.41) is 8.72. The highest BCUT2D eigenvalue weighted by Crippen LogP contribution is 2.34. The molecule has 176 valence electrons. The predicted molar refractivity (Wildman–Crippen MR) is 130 cm³/mol. The molecule has 0 bridgehead atoms. The maximum atomic E-state index is 11.7. The molecule has 0 rings (SSSR count). The van der Waals surface area contributed by atoms with E-state index >= 15 is 0 Å². The fourth-order valence-corrected chi connectivity index (χ4v) is 9.80. The molecule has 0 atom stereocenters. The zero-order valence-corrected chi connectivity index (χ0v) is 21.1. The topological polar surface area (TPSA) is 63.6 Å². The van der Waals surface area contributed by atoms with Crippen molar-refractivity contribution in [3.05, 3.63) is 12.2 Å². The first-order valence-corrected chi connectivity index (χ1v) is 15.3. The molecule has 4 nitrogen and oxygen atoms in total. The van der Waals surface area contributed by atoms with E-state index < -0.39 is 20.0 Å². The molecule has 0 spiro atoms. The molecule has 0 radical (unpaired) electrons. The van der Waals surface area contributed by atoms with Crippen LogP contribution >= 0.6 is 0 Å². The Morgan fingerprint density at radius 3 is 1.57 bits per heavy atom. The molecule has 0 aromatic carbocycles. The monoisotopic (exact) mass is 440 g/mol. The summed E-state index contributed by atoms with van der Waals surface area (Å²) in [6.07, 6.45) is 15.1. The summed E-state index contributed by atoms with van der Waals surface area (Å²) in [6.45, 7) is 10.8. The molecule has 1 N–H and O–H groups in total. The molecular formula is C25H48O4Si. The smallest absolute Gasteiger partial charge is 0.333 e. The van der Waals surface area contributed by atoms with Gasteiger partial charge in [-0.25, -0.2) is 4.79 Å². The summed E-state index contributed by atoms with van der Waals surface area (Å²) in [4.78, 5) is 22.4. The highest BCUT2D eigenvalue weighted by atomic mass is 28.3. The van der Waals surface area contributed by atoms with Gasteiger partial charge in [0, 0.05) is 5.57 Å². The van der Waals surface area contributed by atoms with Crippen molar-refractivity contribution in [2.75, 3.05) is 6.61 Å². The van der Waals surface area contributed by atoms with E-state index in [-0.39, 0.29) is 12.0 Å². The number of esters is 1. The van der Waals surface area contributed by atoms with E-state index in [1.807, 2.05) is 0 Å². The first kappa shape index (κ1) is 28.9. The van der Waals surface area contributed by atoms with Crippen molar-refractivity contribution in [2.24, 2.45) is 0 Å². The van der Waals surface area contributed by atoms with Gasteiger partial charge in [-0.15, -0.1) is 0 Å². The van der Waals surface area contributed by atoms with Crippen LogP contribution in [0.5, 0.6) is 0 Å². The lowest BCUT2D eigenvalue weighted by molar-refractivity contribution is -0.142. The lowest BCUT2D eigenvalue weighted by atomic mass is 10.2. The van der Waals surface area contributed by atoms with Crippen LogP contribution in [0, 0.1) is 0 Å². The Morgan fingerprint density at radius 1 is 0.733 bits per heavy atom. The second-order valence-corrected chi connectivity index (χ2v) is 14.0. The van der Waals surface area contributed by atoms with E-state index in [0.29, 0.717) is 6.61 Å². The average molecular weight is 441 g/mol. The minimum Gasteiger partial charge on any atom is -0.481 e. The van der Waals surface area contributed by atoms with E-state index in [4.69, 9.17) is 9.84 Å². The average Bonchev–Trinajstić information content (AvgIpc) is 2.70. The molecule has 0 aromatic heterocycles. The first-order chi connectivity index (χ1) is 14.4. The second kappa shape index (κ2) is 18.6. The quantitative estimate of drug-likeness (QED) is 0.0857. The molecule has 30 heavy (non-hydrogen) atoms. The van der Waals surface area contributed by atoms with Gasteiger partial charge >= 0.3 is 11.9 Å². The Bertz CT molecular complexity index is 449. The minimum atomic E-state index is -1.21. The Morgan fingerprint density at radius 2 is 1.17 bits per heavy atom. The zero-order chi connectivity index (χ0) is 22.7. The molecule has 0 saturated carbocycles. The molecule has 0 heterocycles. The molecule has 0 aliphatic carbocycles. The highest BCUT2D eigenvalue weighted by molar-refractivity contribution is 6.79. The van der Waals surface area contributed by atoms with E-state index in [9.17, 15) is 9.59 Å². The number of rotatable bonds is 21. The van der Waals surface area contributed by atoms with Crippen molar-refractivity contribution < 1.29 is 19.4 Å². The van der Waals surface area contributed by atoms with Gasteiger partial charge in [-0.1, -0.05) is 122 Å². The fraction of sp³-hybridized carbons (Fsp3) is 0.840. The third-order valence-electron chi connectivity index (χ3n) is 6.17. The van der Waals surface area contributed by atoms with Crippen molar-refractivity contribution in [2.45, 2.75) is 128 Å². The molecule has 0 unspecified atom stereocenters. The van der Waals surface area contributed by atoms with E-state index in [0.717, 1.165) is 12.8 Å². The van der Waals surface area contributed by atoms with Crippen LogP contribution in [0.4, 0.5) is 0 Å². The van der Waals surface area contributed by atoms with Crippen molar-refractivity contribution >= 4 is 20.0 Å². The summed E-state index contributed by atoms with van der Waals surface area (Å²) >= 11 is 0. The third-order valence-corrected chi connectivity index (χ3v) is 11.8. The normalized spacial score (nSPS) is 11.4. The number of hydrogen-bond acceptors (Lipinski definition) is 3. The predicted octanol–water partition coefficient (Wildman–Crippen LogP) is 7.75. The number of unbranched alkanes of at least 4 members (excludes halogenated alkanes) is 8. The van der Waals surface area contributed by atoms with Crippen molar-refractivity contribution in [1.82, 2.24) is 0 Å². The van der Waals surface area contributed by atoms with Crippen LogP contribution in [-0.4, -0.2) is 31.7 Å². The fourth-order valence-electron chi connectivity index (χ4n) is 4.30. The van der Waals surface area contributed by atoms with Gasteiger partial charge in [-0.2, -0.15) is 0 Å². The van der Waals surface area contributed by atoms with Gasteiger partial charge in [0.25, 0.3) is 0 Å². The van der Waals surface area contributed by atoms with Gasteiger partial charge in [0.2, 0.25) is 0 Å². The maximum Gasteiger partial charge on any atom is 0.333 e. The van der Waals surface area contributed by atoms with Crippen LogP contribution in [0.2, 0.25) is 24.2 Å². The summed E-state index contributed by atoms with van der Waals surface area (Å²) < 4.78 is 5.18. The number of carboxylic acids is 1. The van der Waals surface area contributed by atoms with Crippen LogP contribution in [0.15, 0.2) is 12.2 Å². The van der Waals surface area contributed by atoms with Crippen molar-refractivity contribution in [1.29, 1.82) is 0 Å². The minimum absolute atomic E-state index is 0.0247. The number of hydrogen-bond donors (Lipinski definition) is 1. The molecule has 0 saturated heterocycles. The Kier molecular flexibility index (Phi) is 18.0. The van der Waals surface area contributed by atoms with Crippen LogP contribution in [0.1, 0.15) is 104 Å². The van der Waals surface area contributed by atoms with E-state index in [1.165, 1.54) is 88.4 Å². The summed E-state index contributed by atoms with van der Waals surface area (Å²) in [7, 11) is -1.21. The molecule has 0 aliphatic rings. The Labute approximate surface area is 186 Å². The van der Waals surface area contributed by atoms with Crippen LogP contribution in [0.3, 0.4) is 0 Å². The number of ether oxygens (including phenoxy) is 1. The van der Waals surface area contributed by atoms with Gasteiger partial charge in [0.15, 0.2) is 0 Å². The molecule has 0 aliphatic heterocycles. The van der Waals surface area contributed by atoms with Gasteiger partial charge < -0.3 is 9.84 Å². The van der Waals surface area contributed by atoms with Crippen LogP contribution in [0.25, 0.3) is 0 Å². The van der Waals surface area contributed by atoms with Gasteiger partial charge in [0.1, 0.15) is 0 Å².